The lowest BCUT2D eigenvalue weighted by Crippen LogP contribution is -2.12. The van der Waals surface area contributed by atoms with Crippen LogP contribution in [0.15, 0.2) is 0 Å². The van der Waals surface area contributed by atoms with E-state index in [2.05, 4.69) is 27.7 Å². The van der Waals surface area contributed by atoms with Gasteiger partial charge >= 0.3 is 6.16 Å². The number of hydrogen-bond acceptors (Lipinski definition) is 4. The molecule has 34 heavy (non-hydrogen) atoms. The molecule has 0 aliphatic heterocycles. The molecule has 0 radical (unpaired) electrons. The number of aromatic hydroxyl groups is 1. The molecule has 5 nitrogen and oxygen atoms in total. The summed E-state index contributed by atoms with van der Waals surface area (Å²) in [6.07, 6.45) is 16.6. The van der Waals surface area contributed by atoms with Crippen LogP contribution in [0, 0.1) is 0 Å². The van der Waals surface area contributed by atoms with Crippen molar-refractivity contribution in [2.75, 3.05) is 6.61 Å². The Kier molecular flexibility index (Phi) is 16.3. The Morgan fingerprint density at radius 1 is 0.618 bits per heavy atom. The molecule has 0 fully saturated rings. The molecule has 0 atom stereocenters. The number of phenols is 1. The molecule has 0 aliphatic rings. The van der Waals surface area contributed by atoms with Gasteiger partial charge in [-0.05, 0) is 50.5 Å². The summed E-state index contributed by atoms with van der Waals surface area (Å²) in [7, 11) is 0. The van der Waals surface area contributed by atoms with E-state index in [9.17, 15) is 15.0 Å². The van der Waals surface area contributed by atoms with E-state index in [1.807, 2.05) is 0 Å². The van der Waals surface area contributed by atoms with Crippen molar-refractivity contribution in [3.8, 4) is 17.2 Å². The smallest absolute Gasteiger partial charge is 0.504 e. The van der Waals surface area contributed by atoms with Crippen LogP contribution >= 0.6 is 0 Å². The number of ether oxygens (including phenoxy) is 2. The number of rotatable bonds is 20. The molecule has 0 unspecified atom stereocenters. The summed E-state index contributed by atoms with van der Waals surface area (Å²) in [6, 6.07) is 0. The minimum Gasteiger partial charge on any atom is -0.504 e. The van der Waals surface area contributed by atoms with E-state index in [0.29, 0.717) is 12.4 Å². The van der Waals surface area contributed by atoms with Crippen molar-refractivity contribution < 1.29 is 24.5 Å². The molecular weight excluding hydrogens is 428 g/mol. The summed E-state index contributed by atoms with van der Waals surface area (Å²) < 4.78 is 11.4. The fourth-order valence-corrected chi connectivity index (χ4v) is 4.48. The van der Waals surface area contributed by atoms with Crippen LogP contribution in [-0.4, -0.2) is 23.0 Å². The zero-order valence-electron chi connectivity index (χ0n) is 22.3. The van der Waals surface area contributed by atoms with Crippen molar-refractivity contribution in [2.24, 2.45) is 0 Å². The van der Waals surface area contributed by atoms with Gasteiger partial charge in [-0.25, -0.2) is 4.79 Å². The molecule has 0 saturated heterocycles. The molecule has 5 heteroatoms. The molecule has 0 amide bonds. The molecule has 1 rings (SSSR count). The Bertz CT molecular complexity index is 698. The van der Waals surface area contributed by atoms with Gasteiger partial charge in [-0.3, -0.25) is 0 Å². The van der Waals surface area contributed by atoms with Crippen LogP contribution in [0.25, 0.3) is 0 Å². The fraction of sp³-hybridized carbons (Fsp3) is 0.759. The van der Waals surface area contributed by atoms with Crippen molar-refractivity contribution in [3.05, 3.63) is 16.7 Å². The Labute approximate surface area is 208 Å². The Morgan fingerprint density at radius 3 is 1.62 bits per heavy atom. The molecule has 0 aromatic heterocycles. The van der Waals surface area contributed by atoms with E-state index in [4.69, 9.17) is 9.47 Å². The first-order valence-electron chi connectivity index (χ1n) is 13.9. The van der Waals surface area contributed by atoms with Gasteiger partial charge in [0.05, 0.1) is 6.61 Å². The van der Waals surface area contributed by atoms with Gasteiger partial charge in [0.25, 0.3) is 0 Å². The maximum atomic E-state index is 11.5. The molecule has 0 saturated carbocycles. The van der Waals surface area contributed by atoms with Crippen molar-refractivity contribution in [1.29, 1.82) is 0 Å². The zero-order valence-corrected chi connectivity index (χ0v) is 22.3. The van der Waals surface area contributed by atoms with Gasteiger partial charge in [-0.2, -0.15) is 0 Å². The molecule has 1 aromatic rings. The topological polar surface area (TPSA) is 76.0 Å². The lowest BCUT2D eigenvalue weighted by atomic mass is 9.89. The van der Waals surface area contributed by atoms with E-state index in [1.54, 1.807) is 0 Å². The number of carbonyl (C=O) groups is 1. The molecule has 0 bridgehead atoms. The Hall–Kier alpha value is -1.91. The number of phenolic OH excluding ortho intramolecular Hbond substituents is 1. The standard InChI is InChI=1S/C29H50O5/c1-5-9-13-14-15-16-17-18-22-33-27-25(21-12-8-4)23(19-10-6-2)24(20-11-7-3)26(30)28(27)34-29(31)32/h30H,5-22H2,1-4H3,(H,31,32). The first-order valence-corrected chi connectivity index (χ1v) is 13.9. The first-order chi connectivity index (χ1) is 16.5. The van der Waals surface area contributed by atoms with Gasteiger partial charge < -0.3 is 19.7 Å². The maximum absolute atomic E-state index is 11.5. The quantitative estimate of drug-likeness (QED) is 0.111. The Morgan fingerprint density at radius 2 is 1.09 bits per heavy atom. The summed E-state index contributed by atoms with van der Waals surface area (Å²) in [5.41, 5.74) is 3.03. The Balaban J connectivity index is 3.17. The average molecular weight is 479 g/mol. The van der Waals surface area contributed by atoms with Crippen molar-refractivity contribution in [1.82, 2.24) is 0 Å². The minimum atomic E-state index is -1.42. The van der Waals surface area contributed by atoms with Crippen LogP contribution in [0.4, 0.5) is 4.79 Å². The predicted octanol–water partition coefficient (Wildman–Crippen LogP) is 9.00. The van der Waals surface area contributed by atoms with Crippen molar-refractivity contribution >= 4 is 6.16 Å². The van der Waals surface area contributed by atoms with Gasteiger partial charge in [0.1, 0.15) is 0 Å². The second kappa shape index (κ2) is 18.4. The monoisotopic (exact) mass is 478 g/mol. The van der Waals surface area contributed by atoms with Gasteiger partial charge in [-0.15, -0.1) is 0 Å². The van der Waals surface area contributed by atoms with E-state index < -0.39 is 6.16 Å². The highest BCUT2D eigenvalue weighted by molar-refractivity contribution is 5.70. The third kappa shape index (κ3) is 10.6. The second-order valence-electron chi connectivity index (χ2n) is 9.44. The number of benzene rings is 1. The highest BCUT2D eigenvalue weighted by Gasteiger charge is 2.27. The van der Waals surface area contributed by atoms with E-state index in [-0.39, 0.29) is 11.5 Å². The molecule has 2 N–H and O–H groups in total. The largest absolute Gasteiger partial charge is 0.511 e. The molecule has 0 spiro atoms. The van der Waals surface area contributed by atoms with E-state index in [1.165, 1.54) is 38.5 Å². The van der Waals surface area contributed by atoms with Gasteiger partial charge in [0.2, 0.25) is 5.75 Å². The van der Waals surface area contributed by atoms with Crippen LogP contribution in [0.2, 0.25) is 0 Å². The van der Waals surface area contributed by atoms with Crippen LogP contribution in [0.1, 0.15) is 134 Å². The average Bonchev–Trinajstić information content (AvgIpc) is 2.82. The van der Waals surface area contributed by atoms with E-state index >= 15 is 0 Å². The highest BCUT2D eigenvalue weighted by atomic mass is 16.7. The molecule has 0 heterocycles. The predicted molar refractivity (Wildman–Crippen MR) is 141 cm³/mol. The van der Waals surface area contributed by atoms with Gasteiger partial charge in [0, 0.05) is 11.1 Å². The van der Waals surface area contributed by atoms with Gasteiger partial charge in [-0.1, -0.05) is 91.9 Å². The molecular formula is C29H50O5. The van der Waals surface area contributed by atoms with Crippen molar-refractivity contribution in [3.63, 3.8) is 0 Å². The molecule has 196 valence electrons. The second-order valence-corrected chi connectivity index (χ2v) is 9.44. The maximum Gasteiger partial charge on any atom is 0.511 e. The lowest BCUT2D eigenvalue weighted by molar-refractivity contribution is 0.140. The van der Waals surface area contributed by atoms with Crippen molar-refractivity contribution in [2.45, 2.75) is 137 Å². The fourth-order valence-electron chi connectivity index (χ4n) is 4.48. The van der Waals surface area contributed by atoms with Crippen LogP contribution in [-0.2, 0) is 19.3 Å². The summed E-state index contributed by atoms with van der Waals surface area (Å²) in [4.78, 5) is 11.5. The number of unbranched alkanes of at least 4 members (excludes halogenated alkanes) is 10. The van der Waals surface area contributed by atoms with Crippen LogP contribution in [0.3, 0.4) is 0 Å². The first kappa shape index (κ1) is 30.1. The SMILES string of the molecule is CCCCCCCCCCOc1c(CCCC)c(CCCC)c(CCCC)c(O)c1OC(=O)O. The lowest BCUT2D eigenvalue weighted by Gasteiger charge is -2.23. The number of hydrogen-bond donors (Lipinski definition) is 2. The summed E-state index contributed by atoms with van der Waals surface area (Å²) >= 11 is 0. The number of carboxylic acid groups (broad SMARTS) is 1. The highest BCUT2D eigenvalue weighted by Crippen LogP contribution is 2.47. The third-order valence-electron chi connectivity index (χ3n) is 6.48. The third-order valence-corrected chi connectivity index (χ3v) is 6.48. The molecule has 1 aromatic carbocycles. The summed E-state index contributed by atoms with van der Waals surface area (Å²) in [5, 5.41) is 20.6. The summed E-state index contributed by atoms with van der Waals surface area (Å²) in [5.74, 6) is 0.389. The van der Waals surface area contributed by atoms with Gasteiger partial charge in [0.15, 0.2) is 11.5 Å². The van der Waals surface area contributed by atoms with Crippen LogP contribution in [0.5, 0.6) is 17.2 Å². The summed E-state index contributed by atoms with van der Waals surface area (Å²) in [6.45, 7) is 9.18. The van der Waals surface area contributed by atoms with Crippen LogP contribution < -0.4 is 9.47 Å². The molecule has 0 aliphatic carbocycles. The normalized spacial score (nSPS) is 11.1. The zero-order chi connectivity index (χ0) is 25.2. The van der Waals surface area contributed by atoms with E-state index in [0.717, 1.165) is 87.3 Å². The minimum absolute atomic E-state index is 0.00970.